The number of carbonyl (C=O) groups excluding carboxylic acids is 1. The van der Waals surface area contributed by atoms with Gasteiger partial charge in [0.2, 0.25) is 0 Å². The van der Waals surface area contributed by atoms with Crippen molar-refractivity contribution in [2.75, 3.05) is 13.6 Å². The Hall–Kier alpha value is -1.59. The molecule has 0 amide bonds. The van der Waals surface area contributed by atoms with E-state index in [2.05, 4.69) is 11.8 Å². The topological polar surface area (TPSA) is 81.0 Å². The summed E-state index contributed by atoms with van der Waals surface area (Å²) < 4.78 is 0. The first kappa shape index (κ1) is 19.7. The minimum Gasteiger partial charge on any atom is -0.504 e. The van der Waals surface area contributed by atoms with E-state index in [4.69, 9.17) is 0 Å². The van der Waals surface area contributed by atoms with E-state index < -0.39 is 11.0 Å². The van der Waals surface area contributed by atoms with Crippen LogP contribution in [0, 0.1) is 5.92 Å². The third kappa shape index (κ3) is 2.86. The van der Waals surface area contributed by atoms with Gasteiger partial charge in [-0.05, 0) is 50.4 Å². The first-order valence-corrected chi connectivity index (χ1v) is 10.8. The van der Waals surface area contributed by atoms with E-state index in [9.17, 15) is 20.1 Å². The Labute approximate surface area is 167 Å². The van der Waals surface area contributed by atoms with Gasteiger partial charge >= 0.3 is 0 Å². The van der Waals surface area contributed by atoms with Crippen molar-refractivity contribution < 1.29 is 20.1 Å². The molecule has 3 aliphatic carbocycles. The second-order valence-corrected chi connectivity index (χ2v) is 9.53. The van der Waals surface area contributed by atoms with Crippen LogP contribution < -0.4 is 0 Å². The van der Waals surface area contributed by atoms with Gasteiger partial charge in [0.15, 0.2) is 11.5 Å². The van der Waals surface area contributed by atoms with Crippen molar-refractivity contribution in [1.29, 1.82) is 0 Å². The van der Waals surface area contributed by atoms with Crippen molar-refractivity contribution in [3.05, 3.63) is 23.3 Å². The molecule has 2 saturated carbocycles. The molecular formula is C23H33NO4. The predicted molar refractivity (Wildman–Crippen MR) is 108 cm³/mol. The Morgan fingerprint density at radius 2 is 1.86 bits per heavy atom. The Kier molecular flexibility index (Phi) is 4.95. The van der Waals surface area contributed by atoms with Crippen molar-refractivity contribution in [2.45, 2.75) is 81.8 Å². The number of carbonyl (C=O) groups is 1. The monoisotopic (exact) mass is 387 g/mol. The van der Waals surface area contributed by atoms with Crippen LogP contribution in [0.25, 0.3) is 0 Å². The third-order valence-corrected chi connectivity index (χ3v) is 7.87. The summed E-state index contributed by atoms with van der Waals surface area (Å²) in [4.78, 5) is 14.3. The molecule has 3 atom stereocenters. The van der Waals surface area contributed by atoms with E-state index in [1.165, 1.54) is 31.7 Å². The second-order valence-electron chi connectivity index (χ2n) is 9.53. The van der Waals surface area contributed by atoms with Crippen molar-refractivity contribution >= 4 is 5.78 Å². The fourth-order valence-electron chi connectivity index (χ4n) is 6.24. The Morgan fingerprint density at radius 1 is 1.14 bits per heavy atom. The lowest BCUT2D eigenvalue weighted by atomic mass is 9.49. The highest BCUT2D eigenvalue weighted by Gasteiger charge is 2.65. The van der Waals surface area contributed by atoms with Crippen molar-refractivity contribution in [3.63, 3.8) is 0 Å². The average Bonchev–Trinajstić information content (AvgIpc) is 3.13. The molecule has 1 aromatic rings. The predicted octanol–water partition coefficient (Wildman–Crippen LogP) is 3.28. The largest absolute Gasteiger partial charge is 0.504 e. The first-order chi connectivity index (χ1) is 13.3. The number of benzene rings is 1. The highest BCUT2D eigenvalue weighted by molar-refractivity contribution is 5.83. The molecule has 1 saturated heterocycles. The van der Waals surface area contributed by atoms with Gasteiger partial charge in [0, 0.05) is 29.9 Å². The standard InChI is InChI=1S/C17H21NO4.C6H12/c1-18-7-6-16-9-11(19)4-5-17(16,22)13(18)8-10-2-3-12(20)15(21)14(10)16;1-6-4-2-3-5-6/h2-3,13,20-22H,4-9H2,1H3;6H,2-5H2,1H3/t13?,16?,17-;/m1./s1. The fourth-order valence-corrected chi connectivity index (χ4v) is 6.24. The van der Waals surface area contributed by atoms with E-state index in [0.717, 1.165) is 18.0 Å². The number of ketones is 1. The molecule has 1 heterocycles. The van der Waals surface area contributed by atoms with Gasteiger partial charge in [-0.3, -0.25) is 4.79 Å². The number of phenols is 2. The number of likely N-dealkylation sites (N-methyl/N-ethyl adjacent to an activating group) is 1. The molecule has 3 fully saturated rings. The van der Waals surface area contributed by atoms with Crippen LogP contribution in [-0.2, 0) is 16.6 Å². The molecule has 5 nitrogen and oxygen atoms in total. The van der Waals surface area contributed by atoms with Gasteiger partial charge < -0.3 is 20.2 Å². The van der Waals surface area contributed by atoms with E-state index in [1.807, 2.05) is 13.1 Å². The van der Waals surface area contributed by atoms with Crippen LogP contribution in [0.2, 0.25) is 0 Å². The van der Waals surface area contributed by atoms with Crippen LogP contribution in [0.5, 0.6) is 11.5 Å². The number of piperidine rings is 1. The molecule has 154 valence electrons. The molecule has 1 aromatic carbocycles. The lowest BCUT2D eigenvalue weighted by Gasteiger charge is -2.62. The maximum Gasteiger partial charge on any atom is 0.161 e. The number of likely N-dealkylation sites (tertiary alicyclic amines) is 1. The van der Waals surface area contributed by atoms with Gasteiger partial charge in [0.25, 0.3) is 0 Å². The van der Waals surface area contributed by atoms with E-state index >= 15 is 0 Å². The molecule has 1 aliphatic heterocycles. The number of hydrogen-bond donors (Lipinski definition) is 3. The van der Waals surface area contributed by atoms with E-state index in [-0.39, 0.29) is 29.7 Å². The summed E-state index contributed by atoms with van der Waals surface area (Å²) in [5.41, 5.74) is -0.249. The minimum absolute atomic E-state index is 0.0502. The Balaban J connectivity index is 0.000000275. The van der Waals surface area contributed by atoms with Crippen molar-refractivity contribution in [1.82, 2.24) is 4.90 Å². The molecule has 3 N–H and O–H groups in total. The SMILES string of the molecule is CC1CCCC1.CN1CCC23CC(=O)CC[C@@]2(O)C1Cc1ccc(O)c(O)c13. The van der Waals surface area contributed by atoms with E-state index in [1.54, 1.807) is 0 Å². The average molecular weight is 388 g/mol. The number of aromatic hydroxyl groups is 2. The van der Waals surface area contributed by atoms with Crippen LogP contribution in [0.4, 0.5) is 0 Å². The highest BCUT2D eigenvalue weighted by atomic mass is 16.3. The molecule has 28 heavy (non-hydrogen) atoms. The molecule has 5 heteroatoms. The van der Waals surface area contributed by atoms with Gasteiger partial charge in [-0.25, -0.2) is 0 Å². The molecule has 4 aliphatic rings. The lowest BCUT2D eigenvalue weighted by molar-refractivity contribution is -0.169. The summed E-state index contributed by atoms with van der Waals surface area (Å²) in [7, 11) is 2.01. The van der Waals surface area contributed by atoms with Crippen LogP contribution in [0.1, 0.15) is 69.4 Å². The van der Waals surface area contributed by atoms with Gasteiger partial charge in [-0.1, -0.05) is 38.7 Å². The zero-order chi connectivity index (χ0) is 20.1. The number of nitrogens with zero attached hydrogens (tertiary/aromatic N) is 1. The smallest absolute Gasteiger partial charge is 0.161 e. The minimum atomic E-state index is -1.02. The summed E-state index contributed by atoms with van der Waals surface area (Å²) in [6, 6.07) is 3.26. The molecule has 2 unspecified atom stereocenters. The molecular weight excluding hydrogens is 354 g/mol. The fraction of sp³-hybridized carbons (Fsp3) is 0.696. The summed E-state index contributed by atoms with van der Waals surface area (Å²) in [6.45, 7) is 3.11. The first-order valence-electron chi connectivity index (χ1n) is 10.8. The summed E-state index contributed by atoms with van der Waals surface area (Å²) in [5, 5.41) is 31.9. The zero-order valence-electron chi connectivity index (χ0n) is 17.1. The maximum atomic E-state index is 12.2. The van der Waals surface area contributed by atoms with Crippen molar-refractivity contribution in [2.24, 2.45) is 5.92 Å². The Morgan fingerprint density at radius 3 is 2.50 bits per heavy atom. The number of hydrogen-bond acceptors (Lipinski definition) is 5. The summed E-state index contributed by atoms with van der Waals surface area (Å²) >= 11 is 0. The van der Waals surface area contributed by atoms with Gasteiger partial charge in [0.1, 0.15) is 5.78 Å². The van der Waals surface area contributed by atoms with Crippen LogP contribution in [-0.4, -0.2) is 51.2 Å². The normalized spacial score (nSPS) is 35.0. The quantitative estimate of drug-likeness (QED) is 0.595. The number of fused-ring (bicyclic) bond motifs is 1. The van der Waals surface area contributed by atoms with Gasteiger partial charge in [-0.15, -0.1) is 0 Å². The summed E-state index contributed by atoms with van der Waals surface area (Å²) in [6.07, 6.45) is 8.26. The van der Waals surface area contributed by atoms with Gasteiger partial charge in [-0.2, -0.15) is 0 Å². The number of phenolic OH excluding ortho intramolecular Hbond substituents is 2. The third-order valence-electron chi connectivity index (χ3n) is 7.87. The van der Waals surface area contributed by atoms with Crippen LogP contribution in [0.15, 0.2) is 12.1 Å². The molecule has 0 radical (unpaired) electrons. The second kappa shape index (κ2) is 7.03. The number of Topliss-reactive ketones (excluding diaryl/α,β-unsaturated/α-hetero) is 1. The van der Waals surface area contributed by atoms with Gasteiger partial charge in [0.05, 0.1) is 5.60 Å². The number of rotatable bonds is 0. The molecule has 5 rings (SSSR count). The highest BCUT2D eigenvalue weighted by Crippen LogP contribution is 2.60. The Bertz CT molecular complexity index is 772. The molecule has 0 spiro atoms. The lowest BCUT2D eigenvalue weighted by Crippen LogP contribution is -2.72. The zero-order valence-corrected chi connectivity index (χ0v) is 17.1. The summed E-state index contributed by atoms with van der Waals surface area (Å²) in [5.74, 6) is 0.841. The van der Waals surface area contributed by atoms with Crippen LogP contribution >= 0.6 is 0 Å². The van der Waals surface area contributed by atoms with Crippen molar-refractivity contribution in [3.8, 4) is 11.5 Å². The molecule has 0 aromatic heterocycles. The van der Waals surface area contributed by atoms with E-state index in [0.29, 0.717) is 31.2 Å². The van der Waals surface area contributed by atoms with Crippen LogP contribution in [0.3, 0.4) is 0 Å². The maximum absolute atomic E-state index is 12.2. The molecule has 2 bridgehead atoms. The number of aliphatic hydroxyl groups is 1.